The van der Waals surface area contributed by atoms with Crippen molar-refractivity contribution in [3.8, 4) is 0 Å². The van der Waals surface area contributed by atoms with Crippen LogP contribution in [0.25, 0.3) is 0 Å². The quantitative estimate of drug-likeness (QED) is 0.517. The first-order valence-corrected chi connectivity index (χ1v) is 3.71. The Bertz CT molecular complexity index is 473. The number of carboxylic acid groups (broad SMARTS) is 1. The lowest BCUT2D eigenvalue weighted by molar-refractivity contribution is -0.138. The average molecular weight is 199 g/mol. The number of rotatable bonds is 2. The number of hydrogen-bond donors (Lipinski definition) is 3. The maximum absolute atomic E-state index is 11.1. The van der Waals surface area contributed by atoms with E-state index >= 15 is 0 Å². The molecule has 0 bridgehead atoms. The van der Waals surface area contributed by atoms with Gasteiger partial charge in [-0.2, -0.15) is 0 Å². The van der Waals surface area contributed by atoms with Crippen LogP contribution >= 0.6 is 0 Å². The topological polar surface area (TPSA) is 118 Å². The Morgan fingerprint density at radius 3 is 2.71 bits per heavy atom. The Kier molecular flexibility index (Phi) is 2.52. The fourth-order valence-corrected chi connectivity index (χ4v) is 0.938. The van der Waals surface area contributed by atoms with Gasteiger partial charge in [0.2, 0.25) is 0 Å². The molecule has 0 aromatic carbocycles. The highest BCUT2D eigenvalue weighted by atomic mass is 16.4. The Labute approximate surface area is 77.8 Å². The number of nitrogens with two attached hydrogens (primary N) is 1. The highest BCUT2D eigenvalue weighted by Crippen LogP contribution is 2.01. The standard InChI is InChI=1S/C7H9N3O4/c1-10-2-3(4(8)6(12)13)5(11)9-7(10)14/h2,4H,8H2,1H3,(H,12,13)(H,9,11,14)/t4-/m1/s1. The van der Waals surface area contributed by atoms with Gasteiger partial charge in [0.25, 0.3) is 5.56 Å². The number of H-pyrrole nitrogens is 1. The van der Waals surface area contributed by atoms with Crippen molar-refractivity contribution >= 4 is 5.97 Å². The van der Waals surface area contributed by atoms with Gasteiger partial charge in [0.1, 0.15) is 6.04 Å². The molecule has 1 aromatic rings. The van der Waals surface area contributed by atoms with Crippen molar-refractivity contribution in [2.75, 3.05) is 0 Å². The molecule has 1 atom stereocenters. The number of nitrogens with one attached hydrogen (secondary N) is 1. The molecule has 7 nitrogen and oxygen atoms in total. The zero-order valence-corrected chi connectivity index (χ0v) is 7.35. The fraction of sp³-hybridized carbons (Fsp3) is 0.286. The zero-order valence-electron chi connectivity index (χ0n) is 7.35. The number of hydrogen-bond acceptors (Lipinski definition) is 4. The van der Waals surface area contributed by atoms with Crippen molar-refractivity contribution in [3.63, 3.8) is 0 Å². The van der Waals surface area contributed by atoms with Crippen molar-refractivity contribution in [2.45, 2.75) is 6.04 Å². The summed E-state index contributed by atoms with van der Waals surface area (Å²) < 4.78 is 1.06. The molecule has 0 radical (unpaired) electrons. The second-order valence-electron chi connectivity index (χ2n) is 2.77. The minimum absolute atomic E-state index is 0.153. The van der Waals surface area contributed by atoms with Crippen molar-refractivity contribution < 1.29 is 9.90 Å². The van der Waals surface area contributed by atoms with Gasteiger partial charge in [-0.05, 0) is 0 Å². The monoisotopic (exact) mass is 199 g/mol. The van der Waals surface area contributed by atoms with Crippen LogP contribution in [0, 0.1) is 0 Å². The lowest BCUT2D eigenvalue weighted by Gasteiger charge is -2.06. The summed E-state index contributed by atoms with van der Waals surface area (Å²) in [4.78, 5) is 34.5. The molecule has 0 saturated carbocycles. The number of aliphatic carboxylic acids is 1. The number of aromatic nitrogens is 2. The first kappa shape index (κ1) is 10.2. The van der Waals surface area contributed by atoms with Crippen molar-refractivity contribution in [1.82, 2.24) is 9.55 Å². The summed E-state index contributed by atoms with van der Waals surface area (Å²) in [5.41, 5.74) is 3.68. The Balaban J connectivity index is 3.37. The molecule has 4 N–H and O–H groups in total. The van der Waals surface area contributed by atoms with Gasteiger partial charge < -0.3 is 15.4 Å². The molecule has 1 aromatic heterocycles. The Hall–Kier alpha value is -1.89. The van der Waals surface area contributed by atoms with Crippen molar-refractivity contribution in [2.24, 2.45) is 12.8 Å². The second-order valence-corrected chi connectivity index (χ2v) is 2.77. The molecule has 0 aliphatic rings. The molecule has 0 fully saturated rings. The summed E-state index contributed by atoms with van der Waals surface area (Å²) in [6, 6.07) is -1.43. The third kappa shape index (κ3) is 1.72. The molecule has 7 heteroatoms. The number of nitrogens with zero attached hydrogens (tertiary/aromatic N) is 1. The van der Waals surface area contributed by atoms with Gasteiger partial charge in [-0.25, -0.2) is 4.79 Å². The van der Waals surface area contributed by atoms with E-state index < -0.39 is 23.3 Å². The van der Waals surface area contributed by atoms with E-state index in [1.165, 1.54) is 7.05 Å². The van der Waals surface area contributed by atoms with Crippen LogP contribution in [-0.4, -0.2) is 20.6 Å². The summed E-state index contributed by atoms with van der Waals surface area (Å²) in [6.07, 6.45) is 1.11. The van der Waals surface area contributed by atoms with E-state index in [0.29, 0.717) is 0 Å². The summed E-state index contributed by atoms with van der Waals surface area (Å²) >= 11 is 0. The normalized spacial score (nSPS) is 12.4. The maximum Gasteiger partial charge on any atom is 0.328 e. The van der Waals surface area contributed by atoms with Gasteiger partial charge in [-0.1, -0.05) is 0 Å². The van der Waals surface area contributed by atoms with E-state index in [1.54, 1.807) is 0 Å². The molecule has 76 valence electrons. The molecule has 0 spiro atoms. The molecule has 1 heterocycles. The lowest BCUT2D eigenvalue weighted by atomic mass is 10.1. The highest BCUT2D eigenvalue weighted by Gasteiger charge is 2.18. The highest BCUT2D eigenvalue weighted by molar-refractivity contribution is 5.74. The fourth-order valence-electron chi connectivity index (χ4n) is 0.938. The SMILES string of the molecule is Cn1cc([C@@H](N)C(=O)O)c(=O)[nH]c1=O. The molecule has 0 saturated heterocycles. The zero-order chi connectivity index (χ0) is 10.9. The minimum atomic E-state index is -1.43. The van der Waals surface area contributed by atoms with E-state index in [4.69, 9.17) is 10.8 Å². The third-order valence-corrected chi connectivity index (χ3v) is 1.74. The predicted molar refractivity (Wildman–Crippen MR) is 46.9 cm³/mol. The lowest BCUT2D eigenvalue weighted by Crippen LogP contribution is -2.35. The van der Waals surface area contributed by atoms with E-state index in [-0.39, 0.29) is 5.56 Å². The van der Waals surface area contributed by atoms with Gasteiger partial charge in [0.15, 0.2) is 0 Å². The minimum Gasteiger partial charge on any atom is -0.480 e. The summed E-state index contributed by atoms with van der Waals surface area (Å²) in [5, 5.41) is 8.55. The van der Waals surface area contributed by atoms with Crippen LogP contribution in [0.3, 0.4) is 0 Å². The van der Waals surface area contributed by atoms with Gasteiger partial charge in [-0.15, -0.1) is 0 Å². The summed E-state index contributed by atoms with van der Waals surface area (Å²) in [6.45, 7) is 0. The maximum atomic E-state index is 11.1. The van der Waals surface area contributed by atoms with Gasteiger partial charge in [-0.3, -0.25) is 14.6 Å². The van der Waals surface area contributed by atoms with E-state index in [9.17, 15) is 14.4 Å². The molecule has 0 aliphatic heterocycles. The number of aryl methyl sites for hydroxylation is 1. The Morgan fingerprint density at radius 1 is 1.64 bits per heavy atom. The molecule has 0 unspecified atom stereocenters. The predicted octanol–water partition coefficient (Wildman–Crippen LogP) is -1.84. The Morgan fingerprint density at radius 2 is 2.21 bits per heavy atom. The first-order valence-electron chi connectivity index (χ1n) is 3.71. The van der Waals surface area contributed by atoms with Gasteiger partial charge in [0, 0.05) is 13.2 Å². The van der Waals surface area contributed by atoms with Crippen LogP contribution in [0.5, 0.6) is 0 Å². The number of aromatic amines is 1. The summed E-state index contributed by atoms with van der Waals surface area (Å²) in [7, 11) is 1.39. The molecular weight excluding hydrogens is 190 g/mol. The van der Waals surface area contributed by atoms with Crippen molar-refractivity contribution in [3.05, 3.63) is 32.6 Å². The van der Waals surface area contributed by atoms with Crippen LogP contribution < -0.4 is 17.0 Å². The first-order chi connectivity index (χ1) is 6.43. The smallest absolute Gasteiger partial charge is 0.328 e. The largest absolute Gasteiger partial charge is 0.480 e. The molecule has 0 amide bonds. The van der Waals surface area contributed by atoms with Crippen LogP contribution in [-0.2, 0) is 11.8 Å². The molecule has 1 rings (SSSR count). The van der Waals surface area contributed by atoms with Gasteiger partial charge in [0.05, 0.1) is 5.56 Å². The van der Waals surface area contributed by atoms with E-state index in [2.05, 4.69) is 0 Å². The van der Waals surface area contributed by atoms with E-state index in [0.717, 1.165) is 10.8 Å². The van der Waals surface area contributed by atoms with Crippen molar-refractivity contribution in [1.29, 1.82) is 0 Å². The molecule has 14 heavy (non-hydrogen) atoms. The van der Waals surface area contributed by atoms with Crippen LogP contribution in [0.2, 0.25) is 0 Å². The average Bonchev–Trinajstić information content (AvgIpc) is 2.10. The summed E-state index contributed by atoms with van der Waals surface area (Å²) in [5.74, 6) is -1.32. The van der Waals surface area contributed by atoms with E-state index in [1.807, 2.05) is 4.98 Å². The second kappa shape index (κ2) is 3.46. The molecular formula is C7H9N3O4. The number of carboxylic acids is 1. The van der Waals surface area contributed by atoms with Crippen LogP contribution in [0.4, 0.5) is 0 Å². The third-order valence-electron chi connectivity index (χ3n) is 1.74. The molecule has 0 aliphatic carbocycles. The van der Waals surface area contributed by atoms with Crippen LogP contribution in [0.1, 0.15) is 11.6 Å². The van der Waals surface area contributed by atoms with Crippen LogP contribution in [0.15, 0.2) is 15.8 Å². The van der Waals surface area contributed by atoms with Gasteiger partial charge >= 0.3 is 11.7 Å². The number of carbonyl (C=O) groups is 1.